The van der Waals surface area contributed by atoms with Crippen LogP contribution in [-0.2, 0) is 86.4 Å². The molecule has 1 aliphatic rings. The molecule has 3 heterocycles. The monoisotopic (exact) mass is 1610 g/mol. The molecule has 0 radical (unpaired) electrons. The lowest BCUT2D eigenvalue weighted by Gasteiger charge is -2.29. The van der Waals surface area contributed by atoms with E-state index in [0.29, 0.717) is 64.2 Å². The Hall–Kier alpha value is -11.6. The third-order valence-electron chi connectivity index (χ3n) is 19.8. The first kappa shape index (κ1) is 90.6. The number of aliphatic hydroxyl groups is 1. The number of para-hydroxylation sites is 2. The zero-order valence-electron chi connectivity index (χ0n) is 65.4. The molecule has 6 aromatic rings. The van der Waals surface area contributed by atoms with Crippen LogP contribution in [0.25, 0.3) is 32.6 Å². The van der Waals surface area contributed by atoms with Gasteiger partial charge in [-0.15, -0.1) is 11.8 Å². The second kappa shape index (κ2) is 45.3. The first-order chi connectivity index (χ1) is 55.0. The Kier molecular flexibility index (Phi) is 35.7. The molecule has 13 amide bonds. The summed E-state index contributed by atoms with van der Waals surface area (Å²) in [5.41, 5.74) is 20.6. The van der Waals surface area contributed by atoms with Gasteiger partial charge >= 0.3 is 5.97 Å². The van der Waals surface area contributed by atoms with Crippen LogP contribution in [0.15, 0.2) is 116 Å². The number of aromatic nitrogens is 2. The standard InChI is InChI=1S/C80H110N18O16S/c1-7-9-10-26-57-73(107)90-58(27-17-18-31-81)74(108)92-61(36-51-39-86-55-25-16-14-23-53(51)55)78(112)97-68(44(3)4)79(113)96-64(70(83)104)42-115-43-66(101)89-59(34-47-29-30-48-20-11-12-21-49(48)33-47)77(111)98-69(45(5)8-2)80(114)95-63(41-99)71(105)87-40-65(100)88-56(28-19-32-84-46(6)82)72(106)94-62(37-67(102)103)76(110)93-60(75(109)91-57)35-50-38-85-54-24-15-13-22-52(50)54/h11-16,20-25,29-30,33,38-39,44-45,56-64,68-69,84-86,99H,6-10,17-19,26-28,31-32,34-37,40-43,81-82H2,1-5H3,(H2,83,104)(H,87,105)(H,88,100)(H,89,101)(H,90,107)(H,91,109)(H,92,108)(H,93,110)(H,94,106)(H,95,114)(H,96,113)(H,97,112)(H,98,111)(H,102,103)/t45-,56-,57-,58+,59-,60-,61-,62-,63+,64-,68-,69+/m0/s1. The third kappa shape index (κ3) is 27.9. The Morgan fingerprint density at radius 2 is 1.00 bits per heavy atom. The van der Waals surface area contributed by atoms with E-state index < -0.39 is 186 Å². The van der Waals surface area contributed by atoms with E-state index in [1.165, 1.54) is 0 Å². The summed E-state index contributed by atoms with van der Waals surface area (Å²) in [6.45, 7) is 10.5. The Labute approximate surface area is 670 Å². The summed E-state index contributed by atoms with van der Waals surface area (Å²) in [6, 6.07) is 10.1. The van der Waals surface area contributed by atoms with Gasteiger partial charge in [-0.3, -0.25) is 67.1 Å². The topological polar surface area (TPSA) is 545 Å². The van der Waals surface area contributed by atoms with Crippen LogP contribution in [0.5, 0.6) is 0 Å². The van der Waals surface area contributed by atoms with Crippen LogP contribution in [0.1, 0.15) is 122 Å². The van der Waals surface area contributed by atoms with E-state index in [2.05, 4.69) is 85.7 Å². The van der Waals surface area contributed by atoms with Crippen LogP contribution in [0.3, 0.4) is 0 Å². The van der Waals surface area contributed by atoms with Gasteiger partial charge in [0.15, 0.2) is 0 Å². The fourth-order valence-electron chi connectivity index (χ4n) is 13.2. The number of H-pyrrole nitrogens is 2. The van der Waals surface area contributed by atoms with Crippen molar-refractivity contribution in [2.45, 2.75) is 191 Å². The van der Waals surface area contributed by atoms with Crippen LogP contribution < -0.4 is 86.3 Å². The molecule has 1 saturated heterocycles. The number of carboxylic acids is 1. The number of carbonyl (C=O) groups is 14. The Morgan fingerprint density at radius 1 is 0.522 bits per heavy atom. The molecule has 0 spiro atoms. The number of hydrogen-bond donors (Lipinski definition) is 20. The average molecular weight is 1610 g/mol. The smallest absolute Gasteiger partial charge is 0.305 e. The molecule has 0 aliphatic carbocycles. The summed E-state index contributed by atoms with van der Waals surface area (Å²) in [5.74, 6) is -15.9. The summed E-state index contributed by atoms with van der Waals surface area (Å²) in [7, 11) is 0. The number of carbonyl (C=O) groups excluding carboxylic acids is 13. The van der Waals surface area contributed by atoms with E-state index in [0.717, 1.165) is 22.5 Å². The predicted octanol–water partition coefficient (Wildman–Crippen LogP) is 0.189. The molecular weight excluding hydrogens is 1500 g/mol. The number of rotatable bonds is 26. The van der Waals surface area contributed by atoms with E-state index in [-0.39, 0.29) is 82.5 Å². The number of aliphatic hydroxyl groups excluding tert-OH is 1. The average Bonchev–Trinajstić information content (AvgIpc) is 1.77. The lowest BCUT2D eigenvalue weighted by atomic mass is 9.96. The minimum Gasteiger partial charge on any atom is -0.481 e. The van der Waals surface area contributed by atoms with Gasteiger partial charge in [0, 0.05) is 65.8 Å². The van der Waals surface area contributed by atoms with Crippen molar-refractivity contribution in [1.82, 2.24) is 79.1 Å². The van der Waals surface area contributed by atoms with Gasteiger partial charge in [-0.2, -0.15) is 0 Å². The van der Waals surface area contributed by atoms with Crippen molar-refractivity contribution in [3.63, 3.8) is 0 Å². The van der Waals surface area contributed by atoms with Gasteiger partial charge in [0.25, 0.3) is 0 Å². The van der Waals surface area contributed by atoms with Crippen LogP contribution in [0, 0.1) is 11.8 Å². The molecule has 23 N–H and O–H groups in total. The molecule has 2 aromatic heterocycles. The molecule has 1 fully saturated rings. The maximum absolute atomic E-state index is 15.2. The highest BCUT2D eigenvalue weighted by molar-refractivity contribution is 8.00. The molecule has 115 heavy (non-hydrogen) atoms. The maximum atomic E-state index is 15.2. The second-order valence-electron chi connectivity index (χ2n) is 29.1. The van der Waals surface area contributed by atoms with Gasteiger partial charge in [-0.1, -0.05) is 146 Å². The number of nitrogens with one attached hydrogen (secondary N) is 15. The molecule has 0 unspecified atom stereocenters. The van der Waals surface area contributed by atoms with Crippen molar-refractivity contribution in [2.24, 2.45) is 29.0 Å². The summed E-state index contributed by atoms with van der Waals surface area (Å²) in [4.78, 5) is 208. The van der Waals surface area contributed by atoms with Gasteiger partial charge in [0.05, 0.1) is 31.1 Å². The highest BCUT2D eigenvalue weighted by Crippen LogP contribution is 2.24. The number of primary amides is 1. The van der Waals surface area contributed by atoms with Crippen molar-refractivity contribution in [3.05, 3.63) is 132 Å². The molecule has 7 rings (SSSR count). The van der Waals surface area contributed by atoms with E-state index in [4.69, 9.17) is 17.2 Å². The first-order valence-electron chi connectivity index (χ1n) is 38.8. The normalized spacial score (nSPS) is 22.8. The molecule has 4 aromatic carbocycles. The van der Waals surface area contributed by atoms with Gasteiger partial charge in [0.1, 0.15) is 66.5 Å². The number of unbranched alkanes of at least 4 members (excludes halogenated alkanes) is 3. The quantitative estimate of drug-likeness (QED) is 0.0322. The molecule has 0 bridgehead atoms. The zero-order valence-corrected chi connectivity index (χ0v) is 66.2. The highest BCUT2D eigenvalue weighted by atomic mass is 32.2. The number of carboxylic acid groups (broad SMARTS) is 1. The van der Waals surface area contributed by atoms with Crippen molar-refractivity contribution in [1.29, 1.82) is 0 Å². The van der Waals surface area contributed by atoms with Crippen molar-refractivity contribution >= 4 is 127 Å². The maximum Gasteiger partial charge on any atom is 0.305 e. The predicted molar refractivity (Wildman–Crippen MR) is 434 cm³/mol. The summed E-state index contributed by atoms with van der Waals surface area (Å²) < 4.78 is 0. The zero-order chi connectivity index (χ0) is 83.8. The Bertz CT molecular complexity index is 4420. The third-order valence-corrected chi connectivity index (χ3v) is 20.9. The minimum atomic E-state index is -1.97. The molecule has 1 aliphatic heterocycles. The van der Waals surface area contributed by atoms with Gasteiger partial charge in [0.2, 0.25) is 76.8 Å². The van der Waals surface area contributed by atoms with Crippen molar-refractivity contribution in [3.8, 4) is 0 Å². The molecule has 35 heteroatoms. The fraction of sp³-hybridized carbons (Fsp3) is 0.475. The summed E-state index contributed by atoms with van der Waals surface area (Å²) in [5, 5.41) is 58.2. The van der Waals surface area contributed by atoms with Gasteiger partial charge in [-0.25, -0.2) is 0 Å². The van der Waals surface area contributed by atoms with E-state index in [1.54, 1.807) is 88.6 Å². The SMILES string of the molecule is C=C(N)NCCC[C@@H]1NC(=O)CNC(=O)[C@@H](CO)NC(=O)[C@@H]([C@@H](C)CC)NC(=O)[C@H](Cc2ccc3ccccc3c2)NC(=O)CSC[C@@H](C(N)=O)NC(=O)[C@H](C(C)C)NC(=O)[C@H](Cc2c[nH]c3ccccc23)NC(=O)[C@@H](CCCCN)NC(=O)[C@H](CCCCC)NC(=O)[C@H](Cc2c[nH]c3ccccc23)NC(=O)[C@H](CC(=O)O)NC1=O. The second-order valence-corrected chi connectivity index (χ2v) is 30.1. The van der Waals surface area contributed by atoms with Crippen molar-refractivity contribution in [2.75, 3.05) is 37.7 Å². The number of amides is 13. The van der Waals surface area contributed by atoms with Gasteiger partial charge < -0.3 is 107 Å². The first-order valence-corrected chi connectivity index (χ1v) is 39.9. The number of nitrogens with two attached hydrogens (primary N) is 3. The van der Waals surface area contributed by atoms with E-state index in [1.807, 2.05) is 49.4 Å². The molecule has 0 saturated carbocycles. The molecule has 622 valence electrons. The molecule has 34 nitrogen and oxygen atoms in total. The Balaban J connectivity index is 1.28. The minimum absolute atomic E-state index is 0.0143. The van der Waals surface area contributed by atoms with Gasteiger partial charge in [-0.05, 0) is 96.5 Å². The molecular formula is C80H110N18O16S. The Morgan fingerprint density at radius 3 is 1.55 bits per heavy atom. The summed E-state index contributed by atoms with van der Waals surface area (Å²) >= 11 is 0.869. The lowest BCUT2D eigenvalue weighted by molar-refractivity contribution is -0.141. The lowest BCUT2D eigenvalue weighted by Crippen LogP contribution is -2.61. The van der Waals surface area contributed by atoms with Crippen LogP contribution in [0.4, 0.5) is 0 Å². The number of hydrogen-bond acceptors (Lipinski definition) is 19. The van der Waals surface area contributed by atoms with Crippen molar-refractivity contribution < 1.29 is 77.3 Å². The number of thioether (sulfide) groups is 1. The summed E-state index contributed by atoms with van der Waals surface area (Å²) in [6.07, 6.45) is 3.91. The van der Waals surface area contributed by atoms with E-state index in [9.17, 15) is 58.2 Å². The number of aromatic amines is 2. The highest BCUT2D eigenvalue weighted by Gasteiger charge is 2.39. The van der Waals surface area contributed by atoms with Crippen LogP contribution in [-0.4, -0.2) is 207 Å². The van der Waals surface area contributed by atoms with Crippen LogP contribution >= 0.6 is 11.8 Å². The molecule has 12 atom stereocenters. The largest absolute Gasteiger partial charge is 0.481 e. The fourth-order valence-corrected chi connectivity index (χ4v) is 14.0. The number of fused-ring (bicyclic) bond motifs is 3. The van der Waals surface area contributed by atoms with E-state index >= 15 is 19.2 Å². The number of aliphatic carboxylic acids is 1. The number of benzene rings is 4. The van der Waals surface area contributed by atoms with Crippen LogP contribution in [0.2, 0.25) is 0 Å².